The molecule has 0 amide bonds. The highest BCUT2D eigenvalue weighted by atomic mass is 35.5. The van der Waals surface area contributed by atoms with Gasteiger partial charge in [0.1, 0.15) is 17.1 Å². The number of nitrogens with zero attached hydrogens (tertiary/aromatic N) is 2. The standard InChI is InChI=1S/C18H18ClF4N3O5/c1-17(3-2-15(28)29)7-11(25-31-17)8-4-12(10(20)5-9(8)19)26-14(27)6-13(18(21,22)23)24-16(26)30/h4-6,14,16,24,27,30H,2-3,7H2,1H3,(H,28,29). The number of oxime groups is 1. The van der Waals surface area contributed by atoms with Gasteiger partial charge in [-0.2, -0.15) is 13.2 Å². The Kier molecular flexibility index (Phi) is 6.09. The highest BCUT2D eigenvalue weighted by Gasteiger charge is 2.42. The minimum absolute atomic E-state index is 0.0912. The number of benzene rings is 1. The number of rotatable bonds is 5. The summed E-state index contributed by atoms with van der Waals surface area (Å²) in [7, 11) is 0. The summed E-state index contributed by atoms with van der Waals surface area (Å²) in [6.45, 7) is 1.64. The van der Waals surface area contributed by atoms with Gasteiger partial charge in [0.25, 0.3) is 0 Å². The number of nitrogens with one attached hydrogen (secondary N) is 1. The van der Waals surface area contributed by atoms with Gasteiger partial charge in [0.05, 0.1) is 16.4 Å². The molecular weight excluding hydrogens is 450 g/mol. The molecule has 170 valence electrons. The lowest BCUT2D eigenvalue weighted by Crippen LogP contribution is -2.56. The van der Waals surface area contributed by atoms with Crippen molar-refractivity contribution in [1.82, 2.24) is 5.32 Å². The Morgan fingerprint density at radius 2 is 2.10 bits per heavy atom. The normalized spacial score (nSPS) is 26.1. The molecule has 1 aromatic carbocycles. The first-order valence-electron chi connectivity index (χ1n) is 8.97. The van der Waals surface area contributed by atoms with Crippen LogP contribution in [0.15, 0.2) is 29.1 Å². The number of alkyl halides is 3. The van der Waals surface area contributed by atoms with Gasteiger partial charge in [-0.1, -0.05) is 16.8 Å². The second-order valence-corrected chi connectivity index (χ2v) is 7.76. The lowest BCUT2D eigenvalue weighted by atomic mass is 9.91. The predicted octanol–water partition coefficient (Wildman–Crippen LogP) is 2.68. The summed E-state index contributed by atoms with van der Waals surface area (Å²) in [4.78, 5) is 16.7. The molecule has 3 unspecified atom stereocenters. The van der Waals surface area contributed by atoms with Crippen molar-refractivity contribution >= 4 is 29.0 Å². The van der Waals surface area contributed by atoms with Crippen molar-refractivity contribution in [3.05, 3.63) is 40.3 Å². The Labute approximate surface area is 178 Å². The van der Waals surface area contributed by atoms with Gasteiger partial charge < -0.3 is 25.5 Å². The number of hydrogen-bond acceptors (Lipinski definition) is 7. The molecule has 1 aromatic rings. The number of aliphatic carboxylic acids is 1. The fourth-order valence-corrected chi connectivity index (χ4v) is 3.53. The van der Waals surface area contributed by atoms with E-state index in [1.807, 2.05) is 0 Å². The summed E-state index contributed by atoms with van der Waals surface area (Å²) in [6.07, 6.45) is -8.46. The van der Waals surface area contributed by atoms with E-state index < -0.39 is 47.5 Å². The first-order valence-corrected chi connectivity index (χ1v) is 9.35. The second-order valence-electron chi connectivity index (χ2n) is 7.35. The van der Waals surface area contributed by atoms with Crippen molar-refractivity contribution in [2.24, 2.45) is 5.16 Å². The molecule has 0 saturated heterocycles. The molecule has 0 fully saturated rings. The van der Waals surface area contributed by atoms with Crippen LogP contribution in [-0.2, 0) is 9.63 Å². The largest absolute Gasteiger partial charge is 0.481 e. The highest BCUT2D eigenvalue weighted by Crippen LogP contribution is 2.37. The molecule has 3 rings (SSSR count). The fourth-order valence-electron chi connectivity index (χ4n) is 3.27. The summed E-state index contributed by atoms with van der Waals surface area (Å²) in [5, 5.41) is 34.6. The Hall–Kier alpha value is -2.57. The van der Waals surface area contributed by atoms with Gasteiger partial charge in [0.2, 0.25) is 6.35 Å². The molecule has 0 saturated carbocycles. The molecule has 0 spiro atoms. The third kappa shape index (κ3) is 4.86. The first-order chi connectivity index (χ1) is 14.3. The van der Waals surface area contributed by atoms with Crippen LogP contribution in [0.2, 0.25) is 5.02 Å². The molecule has 0 radical (unpaired) electrons. The summed E-state index contributed by atoms with van der Waals surface area (Å²) >= 11 is 6.11. The Balaban J connectivity index is 1.91. The van der Waals surface area contributed by atoms with Gasteiger partial charge in [-0.3, -0.25) is 9.69 Å². The molecule has 13 heteroatoms. The zero-order valence-corrected chi connectivity index (χ0v) is 16.7. The van der Waals surface area contributed by atoms with E-state index >= 15 is 0 Å². The van der Waals surface area contributed by atoms with E-state index in [0.29, 0.717) is 11.0 Å². The molecule has 31 heavy (non-hydrogen) atoms. The van der Waals surface area contributed by atoms with Crippen LogP contribution in [-0.4, -0.2) is 51.4 Å². The Bertz CT molecular complexity index is 955. The number of carboxylic acid groups (broad SMARTS) is 1. The molecular formula is C18H18ClF4N3O5. The third-order valence-electron chi connectivity index (χ3n) is 4.87. The minimum atomic E-state index is -4.85. The van der Waals surface area contributed by atoms with Crippen LogP contribution in [0.3, 0.4) is 0 Å². The first kappa shape index (κ1) is 23.1. The summed E-state index contributed by atoms with van der Waals surface area (Å²) < 4.78 is 53.2. The van der Waals surface area contributed by atoms with Crippen molar-refractivity contribution in [1.29, 1.82) is 0 Å². The van der Waals surface area contributed by atoms with Gasteiger partial charge in [-0.15, -0.1) is 0 Å². The van der Waals surface area contributed by atoms with Crippen LogP contribution < -0.4 is 10.2 Å². The molecule has 3 atom stereocenters. The van der Waals surface area contributed by atoms with Crippen LogP contribution in [0.5, 0.6) is 0 Å². The molecule has 8 nitrogen and oxygen atoms in total. The lowest BCUT2D eigenvalue weighted by Gasteiger charge is -2.38. The van der Waals surface area contributed by atoms with Crippen LogP contribution in [0, 0.1) is 5.82 Å². The Morgan fingerprint density at radius 3 is 2.68 bits per heavy atom. The van der Waals surface area contributed by atoms with E-state index in [9.17, 15) is 32.6 Å². The van der Waals surface area contributed by atoms with Crippen molar-refractivity contribution in [2.75, 3.05) is 4.90 Å². The van der Waals surface area contributed by atoms with Crippen molar-refractivity contribution < 1.29 is 42.5 Å². The number of carboxylic acids is 1. The zero-order chi connectivity index (χ0) is 23.1. The number of aliphatic hydroxyl groups is 2. The number of carbonyl (C=O) groups is 1. The quantitative estimate of drug-likeness (QED) is 0.492. The summed E-state index contributed by atoms with van der Waals surface area (Å²) in [6, 6.07) is 1.98. The average molecular weight is 468 g/mol. The fraction of sp³-hybridized carbons (Fsp3) is 0.444. The summed E-state index contributed by atoms with van der Waals surface area (Å²) in [5.74, 6) is -2.03. The van der Waals surface area contributed by atoms with Crippen molar-refractivity contribution in [2.45, 2.75) is 50.5 Å². The smallest absolute Gasteiger partial charge is 0.430 e. The SMILES string of the molecule is CC1(CCC(=O)O)CC(c2cc(N3C(O)C=C(C(F)(F)F)NC3O)c(F)cc2Cl)=NO1. The zero-order valence-electron chi connectivity index (χ0n) is 16.0. The van der Waals surface area contributed by atoms with E-state index in [4.69, 9.17) is 21.5 Å². The van der Waals surface area contributed by atoms with Gasteiger partial charge in [-0.05, 0) is 25.1 Å². The van der Waals surface area contributed by atoms with Crippen LogP contribution in [0.4, 0.5) is 23.2 Å². The number of hydrogen-bond donors (Lipinski definition) is 4. The molecule has 0 aliphatic carbocycles. The second kappa shape index (κ2) is 8.17. The van der Waals surface area contributed by atoms with E-state index in [-0.39, 0.29) is 35.6 Å². The maximum absolute atomic E-state index is 14.6. The number of allylic oxidation sites excluding steroid dienone is 1. The maximum atomic E-state index is 14.6. The molecule has 2 aliphatic rings. The van der Waals surface area contributed by atoms with E-state index in [0.717, 1.165) is 12.1 Å². The van der Waals surface area contributed by atoms with Gasteiger partial charge in [-0.25, -0.2) is 4.39 Å². The number of anilines is 1. The topological polar surface area (TPSA) is 115 Å². The minimum Gasteiger partial charge on any atom is -0.481 e. The molecule has 0 aromatic heterocycles. The van der Waals surface area contributed by atoms with E-state index in [1.54, 1.807) is 12.2 Å². The summed E-state index contributed by atoms with van der Waals surface area (Å²) in [5.41, 5.74) is -2.35. The predicted molar refractivity (Wildman–Crippen MR) is 101 cm³/mol. The van der Waals surface area contributed by atoms with Crippen LogP contribution in [0.25, 0.3) is 0 Å². The highest BCUT2D eigenvalue weighted by molar-refractivity contribution is 6.34. The number of halogens is 5. The van der Waals surface area contributed by atoms with Gasteiger partial charge >= 0.3 is 12.1 Å². The molecule has 0 bridgehead atoms. The molecule has 2 heterocycles. The van der Waals surface area contributed by atoms with Gasteiger partial charge in [0, 0.05) is 24.8 Å². The van der Waals surface area contributed by atoms with Crippen LogP contribution in [0.1, 0.15) is 31.7 Å². The molecule has 2 aliphatic heterocycles. The van der Waals surface area contributed by atoms with Crippen LogP contribution >= 0.6 is 11.6 Å². The lowest BCUT2D eigenvalue weighted by molar-refractivity contribution is -0.138. The van der Waals surface area contributed by atoms with E-state index in [2.05, 4.69) is 5.16 Å². The van der Waals surface area contributed by atoms with Crippen molar-refractivity contribution in [3.63, 3.8) is 0 Å². The molecule has 4 N–H and O–H groups in total. The Morgan fingerprint density at radius 1 is 1.42 bits per heavy atom. The monoisotopic (exact) mass is 467 g/mol. The third-order valence-corrected chi connectivity index (χ3v) is 5.18. The maximum Gasteiger partial charge on any atom is 0.430 e. The van der Waals surface area contributed by atoms with E-state index in [1.165, 1.54) is 0 Å². The number of aliphatic hydroxyl groups excluding tert-OH is 2. The average Bonchev–Trinajstić information content (AvgIpc) is 3.03. The van der Waals surface area contributed by atoms with Gasteiger partial charge in [0.15, 0.2) is 6.23 Å². The van der Waals surface area contributed by atoms with Crippen molar-refractivity contribution in [3.8, 4) is 0 Å².